The van der Waals surface area contributed by atoms with E-state index in [1.165, 1.54) is 20.2 Å². The molecule has 1 aromatic rings. The summed E-state index contributed by atoms with van der Waals surface area (Å²) in [5.74, 6) is -5.52. The van der Waals surface area contributed by atoms with E-state index >= 15 is 0 Å². The number of nitrogens with one attached hydrogen (secondary N) is 1. The molecule has 204 valence electrons. The number of halogens is 7. The molecule has 7 nitrogen and oxygen atoms in total. The fourth-order valence-corrected chi connectivity index (χ4v) is 4.08. The van der Waals surface area contributed by atoms with E-state index < -0.39 is 59.1 Å². The summed E-state index contributed by atoms with van der Waals surface area (Å²) in [7, 11) is 1.36. The number of carbonyl (C=O) groups is 2. The number of benzene rings is 1. The van der Waals surface area contributed by atoms with E-state index in [2.05, 4.69) is 26.8 Å². The molecule has 0 radical (unpaired) electrons. The maximum Gasteiger partial charge on any atom is 0.487 e. The number of rotatable bonds is 10. The number of carbonyl (C=O) groups excluding carboxylic acids is 2. The molecule has 0 unspecified atom stereocenters. The highest BCUT2D eigenvalue weighted by molar-refractivity contribution is 6.32. The van der Waals surface area contributed by atoms with E-state index in [0.29, 0.717) is 4.90 Å². The Balaban J connectivity index is 2.62. The van der Waals surface area contributed by atoms with Crippen molar-refractivity contribution in [3.05, 3.63) is 36.0 Å². The van der Waals surface area contributed by atoms with Crippen molar-refractivity contribution >= 4 is 53.6 Å². The first kappa shape index (κ1) is 30.5. The van der Waals surface area contributed by atoms with Crippen LogP contribution in [0.3, 0.4) is 0 Å². The van der Waals surface area contributed by atoms with Gasteiger partial charge in [-0.15, -0.1) is 8.78 Å². The van der Waals surface area contributed by atoms with Crippen LogP contribution in [-0.2, 0) is 9.59 Å². The van der Waals surface area contributed by atoms with Crippen LogP contribution in [0.1, 0.15) is 32.6 Å². The van der Waals surface area contributed by atoms with Crippen molar-refractivity contribution in [2.75, 3.05) is 11.9 Å². The Hall–Kier alpha value is -2.73. The van der Waals surface area contributed by atoms with Gasteiger partial charge in [0.25, 0.3) is 17.4 Å². The van der Waals surface area contributed by atoms with Crippen molar-refractivity contribution in [2.24, 2.45) is 9.98 Å². The average Bonchev–Trinajstić information content (AvgIpc) is 2.80. The highest BCUT2D eigenvalue weighted by Crippen LogP contribution is 2.36. The largest absolute Gasteiger partial charge is 0.487 e. The Morgan fingerprint density at radius 1 is 1.27 bits per heavy atom. The Labute approximate surface area is 220 Å². The highest BCUT2D eigenvalue weighted by atomic mass is 35.5. The minimum Gasteiger partial charge on any atom is -0.420 e. The minimum atomic E-state index is -4.02. The van der Waals surface area contributed by atoms with Crippen molar-refractivity contribution in [3.63, 3.8) is 0 Å². The smallest absolute Gasteiger partial charge is 0.420 e. The molecule has 2 atom stereocenters. The van der Waals surface area contributed by atoms with Crippen LogP contribution >= 0.6 is 23.2 Å². The van der Waals surface area contributed by atoms with Crippen molar-refractivity contribution in [1.29, 1.82) is 0 Å². The normalized spacial score (nSPS) is 19.1. The van der Waals surface area contributed by atoms with Crippen LogP contribution in [0.2, 0.25) is 0 Å². The van der Waals surface area contributed by atoms with Crippen molar-refractivity contribution < 1.29 is 36.3 Å². The molecule has 0 aromatic heterocycles. The van der Waals surface area contributed by atoms with E-state index in [-0.39, 0.29) is 24.1 Å². The molecule has 37 heavy (non-hydrogen) atoms. The summed E-state index contributed by atoms with van der Waals surface area (Å²) < 4.78 is 71.8. The highest BCUT2D eigenvalue weighted by Gasteiger charge is 2.49. The predicted molar refractivity (Wildman–Crippen MR) is 132 cm³/mol. The second-order valence-corrected chi connectivity index (χ2v) is 9.17. The third-order valence-electron chi connectivity index (χ3n) is 5.74. The molecule has 1 aliphatic rings. The Morgan fingerprint density at radius 3 is 2.30 bits per heavy atom. The third-order valence-corrected chi connectivity index (χ3v) is 6.00. The van der Waals surface area contributed by atoms with Gasteiger partial charge in [-0.3, -0.25) is 24.5 Å². The molecule has 0 bridgehead atoms. The number of aliphatic imine (C=N–C) groups is 2. The molecule has 1 saturated carbocycles. The molecule has 0 heterocycles. The van der Waals surface area contributed by atoms with Crippen LogP contribution in [0.25, 0.3) is 0 Å². The number of alkyl halides is 7. The summed E-state index contributed by atoms with van der Waals surface area (Å²) in [5, 5.41) is 2.64. The number of anilines is 1. The van der Waals surface area contributed by atoms with Gasteiger partial charge < -0.3 is 10.1 Å². The van der Waals surface area contributed by atoms with Gasteiger partial charge in [-0.25, -0.2) is 13.2 Å². The number of amides is 2. The molecule has 0 spiro atoms. The first-order valence-electron chi connectivity index (χ1n) is 10.9. The van der Waals surface area contributed by atoms with Gasteiger partial charge in [-0.2, -0.15) is 0 Å². The molecule has 2 amide bonds. The van der Waals surface area contributed by atoms with Gasteiger partial charge in [-0.05, 0) is 50.7 Å². The summed E-state index contributed by atoms with van der Waals surface area (Å²) in [6.45, 7) is 4.58. The average molecular weight is 571 g/mol. The summed E-state index contributed by atoms with van der Waals surface area (Å²) in [6.07, 6.45) is 1.30. The molecular weight excluding hydrogens is 546 g/mol. The number of hydrogen-bond acceptors (Lipinski definition) is 5. The van der Waals surface area contributed by atoms with E-state index in [0.717, 1.165) is 30.5 Å². The van der Waals surface area contributed by atoms with Gasteiger partial charge in [0.05, 0.1) is 0 Å². The summed E-state index contributed by atoms with van der Waals surface area (Å²) in [6, 6.07) is 3.56. The lowest BCUT2D eigenvalue weighted by Crippen LogP contribution is -2.63. The van der Waals surface area contributed by atoms with Crippen LogP contribution < -0.4 is 15.0 Å². The second-order valence-electron chi connectivity index (χ2n) is 8.35. The van der Waals surface area contributed by atoms with Gasteiger partial charge in [0, 0.05) is 61.2 Å². The standard InChI is InChI=1S/C23H25Cl2F5N4O3/c1-21(14(12-31-2)13-32-3,20(36)33-15-8-10-22(27,28)11-9-15)34(19(35)18(24)26)16-4-6-17(7-5-16)37-23(25,29)30/h4-7,12-13,15,18H,2,8-11H2,1,3H3,(H,33,36)/b14-12+,32-13?/t18-,21+/m0/s1. The van der Waals surface area contributed by atoms with E-state index in [4.69, 9.17) is 23.2 Å². The van der Waals surface area contributed by atoms with Gasteiger partial charge in [0.1, 0.15) is 5.75 Å². The fraction of sp³-hybridized carbons (Fsp3) is 0.478. The minimum absolute atomic E-state index is 0.0384. The zero-order valence-electron chi connectivity index (χ0n) is 19.9. The molecule has 1 N–H and O–H groups in total. The number of hydrogen-bond donors (Lipinski definition) is 1. The van der Waals surface area contributed by atoms with Crippen LogP contribution in [0, 0.1) is 0 Å². The lowest BCUT2D eigenvalue weighted by atomic mass is 9.86. The molecular formula is C23H25Cl2F5N4O3. The van der Waals surface area contributed by atoms with Crippen LogP contribution in [0.15, 0.2) is 46.0 Å². The Morgan fingerprint density at radius 2 is 1.84 bits per heavy atom. The molecule has 1 aliphatic carbocycles. The molecule has 2 rings (SSSR count). The van der Waals surface area contributed by atoms with Gasteiger partial charge in [-0.1, -0.05) is 11.6 Å². The molecule has 14 heteroatoms. The van der Waals surface area contributed by atoms with E-state index in [1.54, 1.807) is 0 Å². The number of ether oxygens (including phenoxy) is 1. The Kier molecular flexibility index (Phi) is 10.1. The predicted octanol–water partition coefficient (Wildman–Crippen LogP) is 5.46. The zero-order valence-corrected chi connectivity index (χ0v) is 21.4. The maximum absolute atomic E-state index is 14.2. The quantitative estimate of drug-likeness (QED) is 0.230. The SMILES string of the molecule is C=N/C=C(\C=NC)[C@](C)(C(=O)NC1CCC(F)(F)CC1)N(C(=O)[C@H](F)Cl)c1ccc(OC(F)(F)Cl)cc1. The summed E-state index contributed by atoms with van der Waals surface area (Å²) >= 11 is 10.3. The summed E-state index contributed by atoms with van der Waals surface area (Å²) in [5.41, 5.74) is -8.94. The van der Waals surface area contributed by atoms with Crippen LogP contribution in [0.4, 0.5) is 27.6 Å². The van der Waals surface area contributed by atoms with Crippen molar-refractivity contribution in [1.82, 2.24) is 5.32 Å². The fourth-order valence-electron chi connectivity index (χ4n) is 3.89. The van der Waals surface area contributed by atoms with Crippen LogP contribution in [-0.4, -0.2) is 60.5 Å². The Bertz CT molecular complexity index is 1040. The monoisotopic (exact) mass is 570 g/mol. The van der Waals surface area contributed by atoms with Gasteiger partial charge >= 0.3 is 5.57 Å². The van der Waals surface area contributed by atoms with Gasteiger partial charge in [0.2, 0.25) is 5.92 Å². The first-order chi connectivity index (χ1) is 17.1. The molecule has 1 aromatic carbocycles. The molecule has 1 fully saturated rings. The molecule has 0 saturated heterocycles. The van der Waals surface area contributed by atoms with E-state index in [9.17, 15) is 31.5 Å². The second kappa shape index (κ2) is 12.2. The summed E-state index contributed by atoms with van der Waals surface area (Å²) in [4.78, 5) is 35.0. The maximum atomic E-state index is 14.2. The first-order valence-corrected chi connectivity index (χ1v) is 11.7. The number of nitrogens with zero attached hydrogens (tertiary/aromatic N) is 3. The van der Waals surface area contributed by atoms with Gasteiger partial charge in [0.15, 0.2) is 5.54 Å². The third kappa shape index (κ3) is 7.88. The van der Waals surface area contributed by atoms with E-state index in [1.807, 2.05) is 0 Å². The van der Waals surface area contributed by atoms with Crippen molar-refractivity contribution in [3.8, 4) is 5.75 Å². The van der Waals surface area contributed by atoms with Crippen molar-refractivity contribution in [2.45, 2.75) is 61.3 Å². The molecule has 0 aliphatic heterocycles. The van der Waals surface area contributed by atoms with Crippen LogP contribution in [0.5, 0.6) is 5.75 Å². The lowest BCUT2D eigenvalue weighted by molar-refractivity contribution is -0.130. The zero-order chi connectivity index (χ0) is 28.0. The topological polar surface area (TPSA) is 83.4 Å². The lowest BCUT2D eigenvalue weighted by Gasteiger charge is -2.42.